The molecule has 0 fully saturated rings. The van der Waals surface area contributed by atoms with Crippen molar-refractivity contribution in [3.8, 4) is 0 Å². The van der Waals surface area contributed by atoms with E-state index >= 15 is 0 Å². The molecule has 0 aliphatic rings. The van der Waals surface area contributed by atoms with Gasteiger partial charge in [0.2, 0.25) is 0 Å². The van der Waals surface area contributed by atoms with Crippen LogP contribution in [0.5, 0.6) is 0 Å². The largest absolute Gasteiger partial charge is 0.399 e. The van der Waals surface area contributed by atoms with Gasteiger partial charge in [-0.05, 0) is 23.8 Å². The zero-order valence-corrected chi connectivity index (χ0v) is 7.06. The molecule has 0 heterocycles. The van der Waals surface area contributed by atoms with Crippen molar-refractivity contribution < 1.29 is 0 Å². The third-order valence-electron chi connectivity index (χ3n) is 1.22. The summed E-state index contributed by atoms with van der Waals surface area (Å²) < 4.78 is 0.980. The summed E-state index contributed by atoms with van der Waals surface area (Å²) in [6.45, 7) is 0.531. The first-order valence-corrected chi connectivity index (χ1v) is 3.76. The Labute approximate surface area is 68.3 Å². The van der Waals surface area contributed by atoms with E-state index in [2.05, 4.69) is 15.9 Å². The molecule has 1 rings (SSSR count). The molecular formula is C7H9BrN2. The molecule has 0 saturated heterocycles. The smallest absolute Gasteiger partial charge is 0.0328 e. The van der Waals surface area contributed by atoms with E-state index in [1.54, 1.807) is 0 Å². The Bertz CT molecular complexity index is 215. The van der Waals surface area contributed by atoms with Gasteiger partial charge in [-0.2, -0.15) is 0 Å². The first kappa shape index (κ1) is 7.57. The number of hydrogen-bond acceptors (Lipinski definition) is 2. The molecule has 54 valence electrons. The Morgan fingerprint density at radius 3 is 2.50 bits per heavy atom. The maximum absolute atomic E-state index is 5.55. The second-order valence-electron chi connectivity index (χ2n) is 2.10. The van der Waals surface area contributed by atoms with E-state index in [1.807, 2.05) is 18.2 Å². The van der Waals surface area contributed by atoms with Gasteiger partial charge in [0.05, 0.1) is 0 Å². The summed E-state index contributed by atoms with van der Waals surface area (Å²) in [4.78, 5) is 0. The maximum Gasteiger partial charge on any atom is 0.0328 e. The fourth-order valence-corrected chi connectivity index (χ4v) is 1.35. The van der Waals surface area contributed by atoms with Crippen LogP contribution in [0.2, 0.25) is 0 Å². The molecule has 0 bridgehead atoms. The predicted octanol–water partition coefficient (Wildman–Crippen LogP) is 1.49. The molecule has 1 aromatic rings. The van der Waals surface area contributed by atoms with Crippen LogP contribution in [0.25, 0.3) is 0 Å². The van der Waals surface area contributed by atoms with Crippen molar-refractivity contribution >= 4 is 21.6 Å². The summed E-state index contributed by atoms with van der Waals surface area (Å²) >= 11 is 3.32. The lowest BCUT2D eigenvalue weighted by Gasteiger charge is -1.99. The summed E-state index contributed by atoms with van der Waals surface area (Å²) in [6, 6.07) is 5.67. The first-order valence-electron chi connectivity index (χ1n) is 2.97. The van der Waals surface area contributed by atoms with E-state index in [4.69, 9.17) is 11.5 Å². The second kappa shape index (κ2) is 3.03. The van der Waals surface area contributed by atoms with E-state index in [0.29, 0.717) is 6.54 Å². The van der Waals surface area contributed by atoms with Crippen molar-refractivity contribution in [1.29, 1.82) is 0 Å². The van der Waals surface area contributed by atoms with Crippen molar-refractivity contribution in [3.63, 3.8) is 0 Å². The third kappa shape index (κ3) is 1.72. The number of halogens is 1. The zero-order valence-electron chi connectivity index (χ0n) is 5.47. The van der Waals surface area contributed by atoms with Gasteiger partial charge >= 0.3 is 0 Å². The van der Waals surface area contributed by atoms with Gasteiger partial charge in [0.15, 0.2) is 0 Å². The highest BCUT2D eigenvalue weighted by Crippen LogP contribution is 2.16. The summed E-state index contributed by atoms with van der Waals surface area (Å²) in [6.07, 6.45) is 0. The van der Waals surface area contributed by atoms with Crippen LogP contribution >= 0.6 is 15.9 Å². The molecule has 0 aromatic heterocycles. The van der Waals surface area contributed by atoms with Crippen molar-refractivity contribution in [3.05, 3.63) is 28.2 Å². The topological polar surface area (TPSA) is 52.0 Å². The van der Waals surface area contributed by atoms with Crippen molar-refractivity contribution in [2.75, 3.05) is 5.73 Å². The van der Waals surface area contributed by atoms with E-state index in [-0.39, 0.29) is 0 Å². The molecule has 0 amide bonds. The highest BCUT2D eigenvalue weighted by Gasteiger charge is 1.93. The molecule has 2 nitrogen and oxygen atoms in total. The van der Waals surface area contributed by atoms with Crippen LogP contribution in [0.4, 0.5) is 5.69 Å². The molecule has 0 atom stereocenters. The fraction of sp³-hybridized carbons (Fsp3) is 0.143. The van der Waals surface area contributed by atoms with Crippen molar-refractivity contribution in [2.45, 2.75) is 6.54 Å². The van der Waals surface area contributed by atoms with Gasteiger partial charge in [0, 0.05) is 16.7 Å². The minimum Gasteiger partial charge on any atom is -0.399 e. The van der Waals surface area contributed by atoms with Crippen LogP contribution in [0.15, 0.2) is 22.7 Å². The SMILES string of the molecule is NCc1cc(N)cc(Br)c1. The van der Waals surface area contributed by atoms with Crippen LogP contribution in [-0.4, -0.2) is 0 Å². The van der Waals surface area contributed by atoms with Crippen LogP contribution < -0.4 is 11.5 Å². The number of anilines is 1. The van der Waals surface area contributed by atoms with Gasteiger partial charge in [0.1, 0.15) is 0 Å². The summed E-state index contributed by atoms with van der Waals surface area (Å²) in [7, 11) is 0. The van der Waals surface area contributed by atoms with E-state index in [0.717, 1.165) is 15.7 Å². The monoisotopic (exact) mass is 200 g/mol. The van der Waals surface area contributed by atoms with Crippen LogP contribution in [0.1, 0.15) is 5.56 Å². The Balaban J connectivity index is 3.06. The standard InChI is InChI=1S/C7H9BrN2/c8-6-1-5(4-9)2-7(10)3-6/h1-3H,4,9-10H2. The number of nitrogens with two attached hydrogens (primary N) is 2. The molecule has 0 unspecified atom stereocenters. The molecular weight excluding hydrogens is 192 g/mol. The molecule has 0 radical (unpaired) electrons. The maximum atomic E-state index is 5.55. The average Bonchev–Trinajstić information content (AvgIpc) is 1.85. The predicted molar refractivity (Wildman–Crippen MR) is 46.4 cm³/mol. The Kier molecular flexibility index (Phi) is 2.29. The minimum atomic E-state index is 0.531. The Hall–Kier alpha value is -0.540. The normalized spacial score (nSPS) is 9.80. The number of hydrogen-bond donors (Lipinski definition) is 2. The van der Waals surface area contributed by atoms with E-state index in [9.17, 15) is 0 Å². The number of benzene rings is 1. The molecule has 10 heavy (non-hydrogen) atoms. The average molecular weight is 201 g/mol. The molecule has 0 spiro atoms. The Morgan fingerprint density at radius 2 is 2.00 bits per heavy atom. The number of rotatable bonds is 1. The van der Waals surface area contributed by atoms with Gasteiger partial charge in [-0.25, -0.2) is 0 Å². The minimum absolute atomic E-state index is 0.531. The first-order chi connectivity index (χ1) is 4.72. The second-order valence-corrected chi connectivity index (χ2v) is 3.01. The number of nitrogen functional groups attached to an aromatic ring is 1. The summed E-state index contributed by atoms with van der Waals surface area (Å²) in [5.74, 6) is 0. The molecule has 4 N–H and O–H groups in total. The molecule has 0 aliphatic heterocycles. The molecule has 3 heteroatoms. The third-order valence-corrected chi connectivity index (χ3v) is 1.67. The van der Waals surface area contributed by atoms with Crippen LogP contribution in [-0.2, 0) is 6.54 Å². The van der Waals surface area contributed by atoms with E-state index in [1.165, 1.54) is 0 Å². The van der Waals surface area contributed by atoms with E-state index < -0.39 is 0 Å². The fourth-order valence-electron chi connectivity index (χ4n) is 0.793. The lowest BCUT2D eigenvalue weighted by molar-refractivity contribution is 1.07. The molecule has 0 aliphatic carbocycles. The van der Waals surface area contributed by atoms with Crippen molar-refractivity contribution in [1.82, 2.24) is 0 Å². The van der Waals surface area contributed by atoms with Gasteiger partial charge in [-0.15, -0.1) is 0 Å². The highest BCUT2D eigenvalue weighted by atomic mass is 79.9. The van der Waals surface area contributed by atoms with Gasteiger partial charge in [0.25, 0.3) is 0 Å². The van der Waals surface area contributed by atoms with Gasteiger partial charge < -0.3 is 11.5 Å². The van der Waals surface area contributed by atoms with Gasteiger partial charge in [-0.1, -0.05) is 15.9 Å². The quantitative estimate of drug-likeness (QED) is 0.676. The summed E-state index contributed by atoms with van der Waals surface area (Å²) in [5, 5.41) is 0. The van der Waals surface area contributed by atoms with Gasteiger partial charge in [-0.3, -0.25) is 0 Å². The molecule has 0 saturated carbocycles. The molecule has 1 aromatic carbocycles. The lowest BCUT2D eigenvalue weighted by Crippen LogP contribution is -1.97. The van der Waals surface area contributed by atoms with Crippen LogP contribution in [0, 0.1) is 0 Å². The zero-order chi connectivity index (χ0) is 7.56. The lowest BCUT2D eigenvalue weighted by atomic mass is 10.2. The highest BCUT2D eigenvalue weighted by molar-refractivity contribution is 9.10. The van der Waals surface area contributed by atoms with Crippen LogP contribution in [0.3, 0.4) is 0 Å². The summed E-state index contributed by atoms with van der Waals surface area (Å²) in [5.41, 5.74) is 12.8. The Morgan fingerprint density at radius 1 is 1.30 bits per heavy atom. The van der Waals surface area contributed by atoms with Crippen molar-refractivity contribution in [2.24, 2.45) is 5.73 Å².